The van der Waals surface area contributed by atoms with Crippen molar-refractivity contribution in [1.82, 2.24) is 75.0 Å². The number of nitrogens with zero attached hydrogens (tertiary/aromatic N) is 15. The molecule has 5 aromatic heterocycles. The van der Waals surface area contributed by atoms with E-state index in [1.54, 1.807) is 145 Å². The Labute approximate surface area is 780 Å². The first-order valence-corrected chi connectivity index (χ1v) is 43.7. The monoisotopic (exact) mass is 1910 g/mol. The van der Waals surface area contributed by atoms with E-state index >= 15 is 0 Å². The maximum absolute atomic E-state index is 14.6. The van der Waals surface area contributed by atoms with E-state index in [2.05, 4.69) is 51.6 Å². The molecular formula is C88H94BCl2N15O29. The van der Waals surface area contributed by atoms with Crippen LogP contribution in [0.4, 0.5) is 0 Å². The van der Waals surface area contributed by atoms with Gasteiger partial charge in [0.1, 0.15) is 73.1 Å². The quantitative estimate of drug-likeness (QED) is 0.0215. The molecule has 4 aliphatic rings. The van der Waals surface area contributed by atoms with E-state index < -0.39 is 188 Å². The molecule has 0 unspecified atom stereocenters. The van der Waals surface area contributed by atoms with Crippen LogP contribution in [-0.2, 0) is 173 Å². The first kappa shape index (κ1) is 97.8. The summed E-state index contributed by atoms with van der Waals surface area (Å²) in [5.74, 6) is -11.4. The number of rotatable bonds is 41. The molecule has 19 atom stereocenters. The summed E-state index contributed by atoms with van der Waals surface area (Å²) in [5.41, 5.74) is 2.37. The van der Waals surface area contributed by atoms with Gasteiger partial charge in [-0.25, -0.2) is 38.0 Å². The second-order valence-electron chi connectivity index (χ2n) is 31.4. The van der Waals surface area contributed by atoms with Crippen molar-refractivity contribution < 1.29 is 138 Å². The van der Waals surface area contributed by atoms with Gasteiger partial charge < -0.3 is 90.0 Å². The molecule has 44 nitrogen and oxygen atoms in total. The lowest BCUT2D eigenvalue weighted by Crippen LogP contribution is -2.63. The maximum atomic E-state index is 14.6. The number of carbonyl (C=O) groups is 10. The van der Waals surface area contributed by atoms with Gasteiger partial charge in [-0.3, -0.25) is 33.3 Å². The Morgan fingerprint density at radius 2 is 0.733 bits per heavy atom. The van der Waals surface area contributed by atoms with Gasteiger partial charge in [0.05, 0.1) is 123 Å². The molecule has 14 rings (SSSR count). The number of ether oxygens (including phenoxy) is 19. The van der Waals surface area contributed by atoms with Gasteiger partial charge in [0.15, 0.2) is 67.5 Å². The Balaban J connectivity index is 0.675. The number of alkyl halides is 2. The van der Waals surface area contributed by atoms with Crippen LogP contribution in [0.2, 0.25) is 6.32 Å². The molecule has 4 aliphatic heterocycles. The third-order valence-corrected chi connectivity index (χ3v) is 22.0. The zero-order valence-electron chi connectivity index (χ0n) is 73.7. The fourth-order valence-electron chi connectivity index (χ4n) is 15.1. The smallest absolute Gasteiger partial charge is 0.338 e. The van der Waals surface area contributed by atoms with Crippen molar-refractivity contribution in [1.29, 1.82) is 0 Å². The van der Waals surface area contributed by atoms with E-state index in [0.717, 1.165) is 34.6 Å². The van der Waals surface area contributed by atoms with Crippen molar-refractivity contribution in [3.8, 4) is 0 Å². The van der Waals surface area contributed by atoms with Crippen LogP contribution >= 0.6 is 23.2 Å². The van der Waals surface area contributed by atoms with Crippen molar-refractivity contribution in [2.75, 3.05) is 19.1 Å². The molecule has 10 aromatic rings. The first-order valence-electron chi connectivity index (χ1n) is 42.7. The van der Waals surface area contributed by atoms with Crippen LogP contribution in [0.5, 0.6) is 0 Å². The van der Waals surface area contributed by atoms with Crippen molar-refractivity contribution in [3.05, 3.63) is 239 Å². The Morgan fingerprint density at radius 1 is 0.378 bits per heavy atom. The van der Waals surface area contributed by atoms with Gasteiger partial charge in [-0.1, -0.05) is 123 Å². The molecule has 0 bridgehead atoms. The number of esters is 10. The number of hydrogen-bond acceptors (Lipinski definition) is 39. The maximum Gasteiger partial charge on any atom is 0.338 e. The molecule has 4 saturated heterocycles. The fraction of sp³-hybridized carbons (Fsp3) is 0.432. The number of benzene rings is 5. The molecule has 0 spiro atoms. The SMILES string of the molecule is BCCO[C@@H]1[C@@H](OCc2cn(CCn3cc(CO[C@H]4O[C@H](Cn5cc(COCc6cn(C[C@H]7O[C@@](CCl)(O[C@H]8O[C@H](COC(C)=O)[C@H](Cl)[C@H](OC(C)=O)[C@H]8OC(C)=O)[C@@H](OC(C)=O)[C@@H]7OC(C)=O)nn6)nn5)[C@@H](OC(=O)c5ccccc5)[C@H](OC(=O)c5ccccc5)[C@@H]4OC(=O)c4ccccc4)nn3)nn2)O[C@H](Cn2cc(C)nn2)[C@@H](OC(=O)c2ccccc2)[C@@H]1OC(=O)c1ccccc1. The highest BCUT2D eigenvalue weighted by molar-refractivity contribution is 6.21. The standard InChI is InChI=1S/C88H94BCl2N15O29/c1-50-36-104(97-92-50)41-65-70(129-80(112)56-22-12-7-13-23-56)74(131-82(114)58-26-16-9-17-27-58)76(118-35-32-89)85(126-65)120-46-63-37-102(98-95-63)33-34-103-38-64(96-99-103)47-121-86-78(133-84(116)60-30-20-11-21-31-60)75(132-83(115)59-28-18-10-19-29-59)71(130-81(113)57-24-14-8-15-25-57)66(127-86)42-105-39-61(93-100-105)44-117-45-62-40-106(101-94-62)43-67-72(122-52(3)108)79(125-55(6)111)88(49-90,134-67)135-87-77(124-54(5)110)73(123-53(4)109)69(91)68(128-87)48-119-51(2)107/h7-31,36-40,65-79,85-87H,32-35,41-49,89H2,1-6H3/t65-,66-,67-,68-,69+,70-,71-,72-,73+,74+,75+,76+,77-,78+,79+,85+,86+,87-,88+/m1/s1. The summed E-state index contributed by atoms with van der Waals surface area (Å²) in [6.07, 6.45) is -16.6. The minimum absolute atomic E-state index is 0.0253. The summed E-state index contributed by atoms with van der Waals surface area (Å²) in [6, 6.07) is 40.4. The van der Waals surface area contributed by atoms with E-state index in [4.69, 9.17) is 113 Å². The minimum Gasteiger partial charge on any atom is -0.463 e. The summed E-state index contributed by atoms with van der Waals surface area (Å²) >= 11 is 13.5. The Hall–Kier alpha value is -13.2. The molecule has 0 N–H and O–H groups in total. The number of hydrogen-bond donors (Lipinski definition) is 0. The van der Waals surface area contributed by atoms with Crippen LogP contribution in [0.15, 0.2) is 183 Å². The van der Waals surface area contributed by atoms with Crippen LogP contribution in [0, 0.1) is 6.92 Å². The number of aromatic nitrogens is 15. The predicted molar refractivity (Wildman–Crippen MR) is 458 cm³/mol. The summed E-state index contributed by atoms with van der Waals surface area (Å²) in [7, 11) is 1.90. The molecule has 0 saturated carbocycles. The predicted octanol–water partition coefficient (Wildman–Crippen LogP) is 4.79. The lowest BCUT2D eigenvalue weighted by atomic mass is 9.97. The molecular weight excluding hydrogens is 1810 g/mol. The highest BCUT2D eigenvalue weighted by Gasteiger charge is 2.64. The van der Waals surface area contributed by atoms with Crippen LogP contribution in [0.3, 0.4) is 0 Å². The summed E-state index contributed by atoms with van der Waals surface area (Å²) in [5, 5.41) is 41.7. The van der Waals surface area contributed by atoms with Crippen molar-refractivity contribution in [3.63, 3.8) is 0 Å². The van der Waals surface area contributed by atoms with Gasteiger partial charge in [0.25, 0.3) is 0 Å². The first-order chi connectivity index (χ1) is 65.2. The van der Waals surface area contributed by atoms with E-state index in [0.29, 0.717) is 17.7 Å². The zero-order valence-corrected chi connectivity index (χ0v) is 75.2. The zero-order chi connectivity index (χ0) is 95.2. The molecule has 47 heteroatoms. The molecule has 9 heterocycles. The Morgan fingerprint density at radius 3 is 1.15 bits per heavy atom. The summed E-state index contributed by atoms with van der Waals surface area (Å²) < 4.78 is 125. The topological polar surface area (TPSA) is 500 Å². The van der Waals surface area contributed by atoms with Crippen molar-refractivity contribution in [2.45, 2.75) is 223 Å². The van der Waals surface area contributed by atoms with E-state index in [9.17, 15) is 47.9 Å². The number of halogens is 2. The highest BCUT2D eigenvalue weighted by atomic mass is 35.5. The molecule has 0 aliphatic carbocycles. The number of carbonyl (C=O) groups excluding carboxylic acids is 10. The second-order valence-corrected chi connectivity index (χ2v) is 32.1. The third kappa shape index (κ3) is 25.8. The lowest BCUT2D eigenvalue weighted by molar-refractivity contribution is -0.359. The van der Waals surface area contributed by atoms with Crippen molar-refractivity contribution in [2.24, 2.45) is 0 Å². The molecule has 4 fully saturated rings. The van der Waals surface area contributed by atoms with Crippen LogP contribution < -0.4 is 0 Å². The number of aryl methyl sites for hydroxylation is 3. The second kappa shape index (κ2) is 46.2. The van der Waals surface area contributed by atoms with E-state index in [1.165, 1.54) is 67.5 Å². The van der Waals surface area contributed by atoms with Gasteiger partial charge in [-0.2, -0.15) is 0 Å². The minimum atomic E-state index is -2.34. The largest absolute Gasteiger partial charge is 0.463 e. The van der Waals surface area contributed by atoms with Crippen LogP contribution in [0.25, 0.3) is 0 Å². The van der Waals surface area contributed by atoms with Gasteiger partial charge >= 0.3 is 59.7 Å². The third-order valence-electron chi connectivity index (χ3n) is 21.1. The molecule has 135 heavy (non-hydrogen) atoms. The molecule has 5 aromatic carbocycles. The Kier molecular flexibility index (Phi) is 33.4. The average molecular weight is 1910 g/mol. The molecule has 0 amide bonds. The van der Waals surface area contributed by atoms with Crippen LogP contribution in [-0.4, -0.2) is 277 Å². The lowest BCUT2D eigenvalue weighted by Gasteiger charge is -2.45. The van der Waals surface area contributed by atoms with E-state index in [1.807, 2.05) is 7.85 Å². The van der Waals surface area contributed by atoms with E-state index in [-0.39, 0.29) is 111 Å². The molecule has 0 radical (unpaired) electrons. The molecule has 712 valence electrons. The van der Waals surface area contributed by atoms with Crippen molar-refractivity contribution >= 4 is 90.7 Å². The average Bonchev–Trinajstić information content (AvgIpc) is 1.62. The summed E-state index contributed by atoms with van der Waals surface area (Å²) in [6.45, 7) is 5.46. The fourth-order valence-corrected chi connectivity index (χ4v) is 15.7. The summed E-state index contributed by atoms with van der Waals surface area (Å²) in [4.78, 5) is 135. The van der Waals surface area contributed by atoms with Gasteiger partial charge in [0.2, 0.25) is 12.1 Å². The normalized spacial score (nSPS) is 24.8. The van der Waals surface area contributed by atoms with Gasteiger partial charge in [0, 0.05) is 47.4 Å². The highest BCUT2D eigenvalue weighted by Crippen LogP contribution is 2.43. The Bertz CT molecular complexity index is 5680. The van der Waals surface area contributed by atoms with Crippen LogP contribution in [0.1, 0.15) is 115 Å². The van der Waals surface area contributed by atoms with Gasteiger partial charge in [-0.05, 0) is 67.6 Å². The van der Waals surface area contributed by atoms with Gasteiger partial charge in [-0.15, -0.1) is 48.7 Å².